The molecule has 2 amide bonds. The van der Waals surface area contributed by atoms with Crippen LogP contribution in [-0.4, -0.2) is 44.3 Å². The van der Waals surface area contributed by atoms with Crippen molar-refractivity contribution in [3.63, 3.8) is 0 Å². The van der Waals surface area contributed by atoms with Gasteiger partial charge in [-0.25, -0.2) is 13.6 Å². The Morgan fingerprint density at radius 1 is 1.15 bits per heavy atom. The molecule has 9 heteroatoms. The average Bonchev–Trinajstić information content (AvgIpc) is 2.76. The van der Waals surface area contributed by atoms with Crippen LogP contribution in [0.5, 0.6) is 0 Å². The highest BCUT2D eigenvalue weighted by Gasteiger charge is 2.40. The van der Waals surface area contributed by atoms with Crippen LogP contribution in [0, 0.1) is 11.3 Å². The van der Waals surface area contributed by atoms with E-state index in [1.54, 1.807) is 0 Å². The van der Waals surface area contributed by atoms with Crippen LogP contribution in [0.2, 0.25) is 5.02 Å². The minimum absolute atomic E-state index is 0.131. The molecule has 3 rings (SSSR count). The van der Waals surface area contributed by atoms with E-state index in [0.29, 0.717) is 18.1 Å². The lowest BCUT2D eigenvalue weighted by atomic mass is 9.70. The molecule has 0 saturated carbocycles. The fourth-order valence-electron chi connectivity index (χ4n) is 4.61. The van der Waals surface area contributed by atoms with Crippen molar-refractivity contribution >= 4 is 33.4 Å². The molecule has 34 heavy (non-hydrogen) atoms. The van der Waals surface area contributed by atoms with Gasteiger partial charge in [-0.05, 0) is 59.6 Å². The van der Waals surface area contributed by atoms with E-state index in [1.807, 2.05) is 43.0 Å². The van der Waals surface area contributed by atoms with Gasteiger partial charge in [-0.1, -0.05) is 57.5 Å². The molecule has 2 atom stereocenters. The van der Waals surface area contributed by atoms with Gasteiger partial charge in [0.1, 0.15) is 6.04 Å². The molecule has 1 saturated heterocycles. The number of primary sulfonamides is 1. The summed E-state index contributed by atoms with van der Waals surface area (Å²) in [6.07, 6.45) is 0.801. The first-order valence-corrected chi connectivity index (χ1v) is 13.2. The van der Waals surface area contributed by atoms with Crippen molar-refractivity contribution in [2.24, 2.45) is 16.5 Å². The second-order valence-corrected chi connectivity index (χ2v) is 11.9. The first kappa shape index (κ1) is 26.2. The lowest BCUT2D eigenvalue weighted by Crippen LogP contribution is -2.55. The summed E-state index contributed by atoms with van der Waals surface area (Å²) in [7, 11) is -3.94. The van der Waals surface area contributed by atoms with Crippen LogP contribution < -0.4 is 10.5 Å². The van der Waals surface area contributed by atoms with Crippen molar-refractivity contribution in [3.8, 4) is 0 Å². The van der Waals surface area contributed by atoms with Crippen LogP contribution in [0.15, 0.2) is 53.4 Å². The number of likely N-dealkylation sites (tertiary alicyclic amines) is 1. The summed E-state index contributed by atoms with van der Waals surface area (Å²) in [5.41, 5.74) is 1.16. The van der Waals surface area contributed by atoms with Gasteiger partial charge < -0.3 is 10.2 Å². The highest BCUT2D eigenvalue weighted by molar-refractivity contribution is 7.89. The number of benzene rings is 2. The zero-order chi connectivity index (χ0) is 25.3. The van der Waals surface area contributed by atoms with Crippen molar-refractivity contribution in [1.29, 1.82) is 0 Å². The molecule has 2 aromatic rings. The third kappa shape index (κ3) is 5.98. The van der Waals surface area contributed by atoms with Crippen LogP contribution in [0.3, 0.4) is 0 Å². The summed E-state index contributed by atoms with van der Waals surface area (Å²) in [4.78, 5) is 28.0. The van der Waals surface area contributed by atoms with Gasteiger partial charge >= 0.3 is 0 Å². The first-order chi connectivity index (χ1) is 15.8. The Labute approximate surface area is 206 Å². The van der Waals surface area contributed by atoms with Gasteiger partial charge in [0.2, 0.25) is 15.9 Å². The van der Waals surface area contributed by atoms with Gasteiger partial charge in [0.05, 0.1) is 4.90 Å². The zero-order valence-corrected chi connectivity index (χ0v) is 21.5. The Morgan fingerprint density at radius 2 is 1.79 bits per heavy atom. The van der Waals surface area contributed by atoms with E-state index in [1.165, 1.54) is 29.8 Å². The summed E-state index contributed by atoms with van der Waals surface area (Å²) in [5, 5.41) is 8.68. The third-order valence-corrected chi connectivity index (χ3v) is 7.62. The Balaban J connectivity index is 1.75. The van der Waals surface area contributed by atoms with Crippen molar-refractivity contribution in [2.45, 2.75) is 51.0 Å². The Hall–Kier alpha value is -2.42. The van der Waals surface area contributed by atoms with E-state index in [9.17, 15) is 18.0 Å². The van der Waals surface area contributed by atoms with E-state index >= 15 is 0 Å². The molecular weight excluding hydrogens is 474 g/mol. The molecule has 0 bridgehead atoms. The molecule has 1 heterocycles. The lowest BCUT2D eigenvalue weighted by Gasteiger charge is -2.45. The predicted octanol–water partition coefficient (Wildman–Crippen LogP) is 3.78. The van der Waals surface area contributed by atoms with E-state index in [4.69, 9.17) is 16.7 Å². The van der Waals surface area contributed by atoms with Gasteiger partial charge in [0.15, 0.2) is 0 Å². The van der Waals surface area contributed by atoms with E-state index < -0.39 is 22.0 Å². The molecular formula is C25H32ClN3O4S. The summed E-state index contributed by atoms with van der Waals surface area (Å²) in [6.45, 7) is 9.17. The summed E-state index contributed by atoms with van der Waals surface area (Å²) in [6, 6.07) is 12.6. The van der Waals surface area contributed by atoms with E-state index in [0.717, 1.165) is 6.42 Å². The Bertz CT molecular complexity index is 1160. The van der Waals surface area contributed by atoms with Crippen molar-refractivity contribution in [3.05, 3.63) is 64.7 Å². The van der Waals surface area contributed by atoms with Crippen LogP contribution in [0.25, 0.3) is 0 Å². The number of sulfonamides is 1. The molecule has 2 aromatic carbocycles. The number of halogens is 1. The normalized spacial score (nSPS) is 19.0. The molecule has 0 spiro atoms. The number of hydrogen-bond donors (Lipinski definition) is 2. The maximum atomic E-state index is 13.5. The van der Waals surface area contributed by atoms with E-state index in [2.05, 4.69) is 19.2 Å². The molecule has 1 aliphatic heterocycles. The highest BCUT2D eigenvalue weighted by atomic mass is 35.5. The van der Waals surface area contributed by atoms with Crippen LogP contribution in [0.4, 0.5) is 0 Å². The van der Waals surface area contributed by atoms with Crippen LogP contribution >= 0.6 is 11.6 Å². The number of carbonyl (C=O) groups excluding carboxylic acids is 2. The van der Waals surface area contributed by atoms with Crippen molar-refractivity contribution in [2.75, 3.05) is 13.1 Å². The van der Waals surface area contributed by atoms with Crippen LogP contribution in [0.1, 0.15) is 56.0 Å². The first-order valence-electron chi connectivity index (χ1n) is 11.3. The number of nitrogens with two attached hydrogens (primary N) is 1. The molecule has 1 unspecified atom stereocenters. The topological polar surface area (TPSA) is 110 Å². The Kier molecular flexibility index (Phi) is 7.75. The monoisotopic (exact) mass is 505 g/mol. The summed E-state index contributed by atoms with van der Waals surface area (Å²) in [5.74, 6) is -0.543. The van der Waals surface area contributed by atoms with Crippen molar-refractivity contribution in [1.82, 2.24) is 10.2 Å². The molecule has 1 aliphatic rings. The number of rotatable bonds is 6. The predicted molar refractivity (Wildman–Crippen MR) is 133 cm³/mol. The van der Waals surface area contributed by atoms with Gasteiger partial charge in [0.25, 0.3) is 5.91 Å². The summed E-state index contributed by atoms with van der Waals surface area (Å²) >= 11 is 6.04. The van der Waals surface area contributed by atoms with Gasteiger partial charge in [-0.2, -0.15) is 0 Å². The molecule has 1 fully saturated rings. The molecule has 0 radical (unpaired) electrons. The smallest absolute Gasteiger partial charge is 0.251 e. The molecule has 0 aromatic heterocycles. The minimum atomic E-state index is -3.94. The quantitative estimate of drug-likeness (QED) is 0.622. The Morgan fingerprint density at radius 3 is 2.35 bits per heavy atom. The van der Waals surface area contributed by atoms with Gasteiger partial charge in [0, 0.05) is 23.7 Å². The molecule has 0 aliphatic carbocycles. The summed E-state index contributed by atoms with van der Waals surface area (Å²) < 4.78 is 23.3. The second kappa shape index (κ2) is 10.1. The number of carbonyl (C=O) groups is 2. The largest absolute Gasteiger partial charge is 0.340 e. The maximum absolute atomic E-state index is 13.5. The van der Waals surface area contributed by atoms with Crippen LogP contribution in [-0.2, 0) is 14.8 Å². The minimum Gasteiger partial charge on any atom is -0.340 e. The lowest BCUT2D eigenvalue weighted by molar-refractivity contribution is -0.137. The van der Waals surface area contributed by atoms with Gasteiger partial charge in [-0.15, -0.1) is 0 Å². The van der Waals surface area contributed by atoms with Crippen molar-refractivity contribution < 1.29 is 18.0 Å². The number of hydrogen-bond acceptors (Lipinski definition) is 4. The highest BCUT2D eigenvalue weighted by Crippen LogP contribution is 2.42. The molecule has 7 nitrogen and oxygen atoms in total. The molecule has 184 valence electrons. The number of nitrogens with zero attached hydrogens (tertiary/aromatic N) is 1. The SMILES string of the molecule is CC(C)[C@@H](NC(=O)c1cccc(S(N)(=O)=O)c1)C(=O)N1CCC(c2ccc(Cl)cc2)C(C)(C)C1. The number of amides is 2. The third-order valence-electron chi connectivity index (χ3n) is 6.46. The second-order valence-electron chi connectivity index (χ2n) is 9.91. The average molecular weight is 506 g/mol. The fraction of sp³-hybridized carbons (Fsp3) is 0.440. The number of nitrogens with one attached hydrogen (secondary N) is 1. The fourth-order valence-corrected chi connectivity index (χ4v) is 5.29. The molecule has 3 N–H and O–H groups in total. The zero-order valence-electron chi connectivity index (χ0n) is 19.9. The maximum Gasteiger partial charge on any atom is 0.251 e. The van der Waals surface area contributed by atoms with Gasteiger partial charge in [-0.3, -0.25) is 9.59 Å². The standard InChI is InChI=1S/C25H32ClN3O4S/c1-16(2)22(28-23(30)18-6-5-7-20(14-18)34(27,32)33)24(31)29-13-12-21(25(3,4)15-29)17-8-10-19(26)11-9-17/h5-11,14,16,21-22H,12-13,15H2,1-4H3,(H,28,30)(H2,27,32,33)/t21?,22-/m1/s1. The van der Waals surface area contributed by atoms with E-state index in [-0.39, 0.29) is 33.6 Å². The number of piperidine rings is 1.